The van der Waals surface area contributed by atoms with E-state index in [-0.39, 0.29) is 23.1 Å². The minimum absolute atomic E-state index is 0.0145. The molecule has 0 fully saturated rings. The van der Waals surface area contributed by atoms with Crippen molar-refractivity contribution in [3.63, 3.8) is 0 Å². The van der Waals surface area contributed by atoms with Gasteiger partial charge in [-0.2, -0.15) is 0 Å². The Bertz CT molecular complexity index is 519. The zero-order valence-electron chi connectivity index (χ0n) is 13.0. The van der Waals surface area contributed by atoms with Crippen LogP contribution in [0.5, 0.6) is 5.75 Å². The molecule has 7 heteroatoms. The number of esters is 1. The molecule has 1 rings (SSSR count). The van der Waals surface area contributed by atoms with E-state index in [2.05, 4.69) is 20.8 Å². The monoisotopic (exact) mass is 311 g/mol. The normalized spacial score (nSPS) is 12.0. The predicted octanol–water partition coefficient (Wildman–Crippen LogP) is 3.52. The summed E-state index contributed by atoms with van der Waals surface area (Å²) in [6.07, 6.45) is 0. The van der Waals surface area contributed by atoms with Crippen molar-refractivity contribution in [2.75, 3.05) is 6.61 Å². The minimum Gasteiger partial charge on any atom is -0.425 e. The smallest absolute Gasteiger partial charge is 0.336 e. The Morgan fingerprint density at radius 3 is 2.19 bits per heavy atom. The van der Waals surface area contributed by atoms with Crippen LogP contribution >= 0.6 is 0 Å². The lowest BCUT2D eigenvalue weighted by molar-refractivity contribution is -0.384. The number of ether oxygens (including phenoxy) is 1. The van der Waals surface area contributed by atoms with Crippen molar-refractivity contribution in [3.05, 3.63) is 34.4 Å². The maximum absolute atomic E-state index is 11.7. The summed E-state index contributed by atoms with van der Waals surface area (Å²) in [4.78, 5) is 21.8. The van der Waals surface area contributed by atoms with E-state index < -0.39 is 19.2 Å². The van der Waals surface area contributed by atoms with E-state index in [1.807, 2.05) is 13.1 Å². The minimum atomic E-state index is -2.00. The number of nitro benzene ring substituents is 1. The summed E-state index contributed by atoms with van der Waals surface area (Å²) in [5, 5.41) is 10.5. The van der Waals surface area contributed by atoms with Gasteiger partial charge in [0.1, 0.15) is 12.4 Å². The number of hydrogen-bond acceptors (Lipinski definition) is 5. The summed E-state index contributed by atoms with van der Waals surface area (Å²) in [7, 11) is -2.00. The van der Waals surface area contributed by atoms with Gasteiger partial charge >= 0.3 is 5.97 Å². The lowest BCUT2D eigenvalue weighted by Crippen LogP contribution is -2.42. The van der Waals surface area contributed by atoms with E-state index in [1.54, 1.807) is 0 Å². The molecule has 0 spiro atoms. The van der Waals surface area contributed by atoms with Gasteiger partial charge in [-0.15, -0.1) is 0 Å². The highest BCUT2D eigenvalue weighted by Crippen LogP contribution is 2.36. The van der Waals surface area contributed by atoms with Crippen molar-refractivity contribution >= 4 is 20.0 Å². The van der Waals surface area contributed by atoms with E-state index >= 15 is 0 Å². The molecule has 0 heterocycles. The maximum Gasteiger partial charge on any atom is 0.336 e. The van der Waals surface area contributed by atoms with Crippen molar-refractivity contribution in [1.29, 1.82) is 0 Å². The van der Waals surface area contributed by atoms with Gasteiger partial charge in [-0.3, -0.25) is 10.1 Å². The SMILES string of the molecule is CC(C)(C)[Si](C)(C)OCC(=O)Oc1ccc([N+](=O)[O-])cc1. The third kappa shape index (κ3) is 4.94. The Kier molecular flexibility index (Phi) is 5.24. The molecule has 21 heavy (non-hydrogen) atoms. The fourth-order valence-electron chi connectivity index (χ4n) is 1.25. The second kappa shape index (κ2) is 6.36. The first-order chi connectivity index (χ1) is 9.53. The number of benzene rings is 1. The predicted molar refractivity (Wildman–Crippen MR) is 81.9 cm³/mol. The van der Waals surface area contributed by atoms with Crippen LogP contribution in [-0.2, 0) is 9.22 Å². The van der Waals surface area contributed by atoms with Gasteiger partial charge in [0.25, 0.3) is 5.69 Å². The number of rotatable bonds is 5. The van der Waals surface area contributed by atoms with E-state index in [4.69, 9.17) is 9.16 Å². The van der Waals surface area contributed by atoms with Gasteiger partial charge in [-0.1, -0.05) is 20.8 Å². The summed E-state index contributed by atoms with van der Waals surface area (Å²) in [6, 6.07) is 5.36. The molecule has 0 aromatic heterocycles. The van der Waals surface area contributed by atoms with Gasteiger partial charge in [0.05, 0.1) is 4.92 Å². The average Bonchev–Trinajstić information content (AvgIpc) is 2.36. The summed E-state index contributed by atoms with van der Waals surface area (Å²) in [6.45, 7) is 10.2. The molecule has 0 aliphatic heterocycles. The Morgan fingerprint density at radius 2 is 1.76 bits per heavy atom. The highest BCUT2D eigenvalue weighted by atomic mass is 28.4. The highest BCUT2D eigenvalue weighted by Gasteiger charge is 2.37. The van der Waals surface area contributed by atoms with Crippen molar-refractivity contribution in [3.8, 4) is 5.75 Å². The quantitative estimate of drug-likeness (QED) is 0.273. The fourth-order valence-corrected chi connectivity index (χ4v) is 2.16. The van der Waals surface area contributed by atoms with Crippen LogP contribution in [0.25, 0.3) is 0 Å². The number of carbonyl (C=O) groups is 1. The molecule has 0 N–H and O–H groups in total. The van der Waals surface area contributed by atoms with Crippen LogP contribution in [0, 0.1) is 10.1 Å². The highest BCUT2D eigenvalue weighted by molar-refractivity contribution is 6.74. The zero-order valence-corrected chi connectivity index (χ0v) is 14.0. The number of nitro groups is 1. The van der Waals surface area contributed by atoms with Crippen molar-refractivity contribution in [2.45, 2.75) is 38.9 Å². The number of non-ortho nitro benzene ring substituents is 1. The van der Waals surface area contributed by atoms with E-state index in [1.165, 1.54) is 24.3 Å². The van der Waals surface area contributed by atoms with Gasteiger partial charge in [0.2, 0.25) is 0 Å². The molecular weight excluding hydrogens is 290 g/mol. The summed E-state index contributed by atoms with van der Waals surface area (Å²) in [5.41, 5.74) is -0.0488. The molecule has 6 nitrogen and oxygen atoms in total. The summed E-state index contributed by atoms with van der Waals surface area (Å²) in [5.74, 6) is -0.238. The Balaban J connectivity index is 2.56. The molecule has 1 aromatic carbocycles. The van der Waals surface area contributed by atoms with Crippen LogP contribution < -0.4 is 4.74 Å². The first kappa shape index (κ1) is 17.3. The lowest BCUT2D eigenvalue weighted by atomic mass is 10.2. The van der Waals surface area contributed by atoms with E-state index in [0.717, 1.165) is 0 Å². The molecule has 1 aromatic rings. The molecule has 0 radical (unpaired) electrons. The Labute approximate surface area is 125 Å². The third-order valence-corrected chi connectivity index (χ3v) is 8.11. The third-order valence-electron chi connectivity index (χ3n) is 3.64. The largest absolute Gasteiger partial charge is 0.425 e. The Hall–Kier alpha value is -1.73. The summed E-state index contributed by atoms with van der Waals surface area (Å²) >= 11 is 0. The van der Waals surface area contributed by atoms with Crippen molar-refractivity contribution < 1.29 is 18.9 Å². The molecule has 0 atom stereocenters. The molecule has 0 saturated heterocycles. The maximum atomic E-state index is 11.7. The van der Waals surface area contributed by atoms with Gasteiger partial charge in [-0.05, 0) is 30.3 Å². The first-order valence-corrected chi connectivity index (χ1v) is 9.53. The van der Waals surface area contributed by atoms with Crippen LogP contribution in [0.1, 0.15) is 20.8 Å². The number of hydrogen-bond donors (Lipinski definition) is 0. The van der Waals surface area contributed by atoms with Crippen LogP contribution in [0.2, 0.25) is 18.1 Å². The number of carbonyl (C=O) groups excluding carboxylic acids is 1. The molecule has 0 unspecified atom stereocenters. The lowest BCUT2D eigenvalue weighted by Gasteiger charge is -2.35. The van der Waals surface area contributed by atoms with E-state index in [0.29, 0.717) is 0 Å². The molecule has 0 aliphatic rings. The molecule has 0 aliphatic carbocycles. The molecule has 0 bridgehead atoms. The first-order valence-electron chi connectivity index (χ1n) is 6.62. The zero-order chi connectivity index (χ0) is 16.3. The number of nitrogens with zero attached hydrogens (tertiary/aromatic N) is 1. The van der Waals surface area contributed by atoms with Crippen LogP contribution in [-0.4, -0.2) is 25.8 Å². The second-order valence-corrected chi connectivity index (χ2v) is 11.1. The summed E-state index contributed by atoms with van der Waals surface area (Å²) < 4.78 is 10.8. The topological polar surface area (TPSA) is 78.7 Å². The average molecular weight is 311 g/mol. The van der Waals surface area contributed by atoms with Crippen molar-refractivity contribution in [2.24, 2.45) is 0 Å². The fraction of sp³-hybridized carbons (Fsp3) is 0.500. The van der Waals surface area contributed by atoms with Crippen molar-refractivity contribution in [1.82, 2.24) is 0 Å². The second-order valence-electron chi connectivity index (χ2n) is 6.27. The standard InChI is InChI=1S/C14H21NO5Si/c1-14(2,3)21(4,5)19-10-13(16)20-12-8-6-11(7-9-12)15(17)18/h6-9H,10H2,1-5H3. The van der Waals surface area contributed by atoms with Gasteiger partial charge in [0, 0.05) is 12.1 Å². The molecule has 0 amide bonds. The van der Waals surface area contributed by atoms with Gasteiger partial charge < -0.3 is 9.16 Å². The molecular formula is C14H21NO5Si. The molecule has 116 valence electrons. The Morgan fingerprint density at radius 1 is 1.24 bits per heavy atom. The van der Waals surface area contributed by atoms with E-state index in [9.17, 15) is 14.9 Å². The van der Waals surface area contributed by atoms with Crippen LogP contribution in [0.4, 0.5) is 5.69 Å². The van der Waals surface area contributed by atoms with Gasteiger partial charge in [-0.25, -0.2) is 4.79 Å². The van der Waals surface area contributed by atoms with Crippen LogP contribution in [0.3, 0.4) is 0 Å². The molecule has 0 saturated carbocycles. The van der Waals surface area contributed by atoms with Gasteiger partial charge in [0.15, 0.2) is 8.32 Å². The van der Waals surface area contributed by atoms with Crippen LogP contribution in [0.15, 0.2) is 24.3 Å².